The SMILES string of the molecule is CCNC(=O)C(C#N)[C@@H]1SC(CNc2cccc(NC(=O)CN3CCC(C)CC3)c2)C(=O)N1CC. The van der Waals surface area contributed by atoms with Crippen molar-refractivity contribution in [3.63, 3.8) is 0 Å². The molecule has 2 fully saturated rings. The summed E-state index contributed by atoms with van der Waals surface area (Å²) in [5.41, 5.74) is 1.49. The number of piperidine rings is 1. The number of nitrogens with one attached hydrogen (secondary N) is 3. The van der Waals surface area contributed by atoms with E-state index in [0.717, 1.165) is 37.5 Å². The van der Waals surface area contributed by atoms with Gasteiger partial charge in [-0.25, -0.2) is 0 Å². The molecule has 3 amide bonds. The molecule has 0 spiro atoms. The van der Waals surface area contributed by atoms with Crippen LogP contribution in [0, 0.1) is 23.2 Å². The Bertz CT molecular complexity index is 943. The molecule has 0 aliphatic carbocycles. The number of thioether (sulfide) groups is 1. The van der Waals surface area contributed by atoms with Crippen molar-refractivity contribution in [2.45, 2.75) is 44.2 Å². The van der Waals surface area contributed by atoms with E-state index < -0.39 is 16.5 Å². The molecule has 1 aromatic carbocycles. The maximum Gasteiger partial charge on any atom is 0.240 e. The Morgan fingerprint density at radius 2 is 1.94 bits per heavy atom. The van der Waals surface area contributed by atoms with Gasteiger partial charge in [0, 0.05) is 31.0 Å². The summed E-state index contributed by atoms with van der Waals surface area (Å²) in [6.45, 7) is 9.41. The van der Waals surface area contributed by atoms with Gasteiger partial charge in [0.1, 0.15) is 10.6 Å². The van der Waals surface area contributed by atoms with Crippen LogP contribution in [0.2, 0.25) is 0 Å². The second-order valence-electron chi connectivity index (χ2n) is 9.11. The summed E-state index contributed by atoms with van der Waals surface area (Å²) < 4.78 is 0. The molecule has 0 saturated carbocycles. The van der Waals surface area contributed by atoms with Gasteiger partial charge in [0.25, 0.3) is 0 Å². The number of hydrogen-bond donors (Lipinski definition) is 3. The zero-order valence-electron chi connectivity index (χ0n) is 20.8. The zero-order valence-corrected chi connectivity index (χ0v) is 21.6. The van der Waals surface area contributed by atoms with Gasteiger partial charge in [0.2, 0.25) is 17.7 Å². The average molecular weight is 501 g/mol. The zero-order chi connectivity index (χ0) is 25.4. The maximum atomic E-state index is 13.0. The van der Waals surface area contributed by atoms with Crippen molar-refractivity contribution in [3.8, 4) is 6.07 Å². The van der Waals surface area contributed by atoms with Crippen LogP contribution < -0.4 is 16.0 Å². The molecule has 2 saturated heterocycles. The van der Waals surface area contributed by atoms with Crippen molar-refractivity contribution in [3.05, 3.63) is 24.3 Å². The fraction of sp³-hybridized carbons (Fsp3) is 0.600. The number of nitrogens with zero attached hydrogens (tertiary/aromatic N) is 3. The molecule has 10 heteroatoms. The molecule has 2 heterocycles. The van der Waals surface area contributed by atoms with Crippen molar-refractivity contribution in [2.75, 3.05) is 49.9 Å². The molecule has 35 heavy (non-hydrogen) atoms. The Balaban J connectivity index is 1.56. The predicted octanol–water partition coefficient (Wildman–Crippen LogP) is 2.33. The lowest BCUT2D eigenvalue weighted by Gasteiger charge is -2.29. The summed E-state index contributed by atoms with van der Waals surface area (Å²) in [5.74, 6) is -0.668. The number of likely N-dealkylation sites (tertiary alicyclic amines) is 1. The second-order valence-corrected chi connectivity index (χ2v) is 10.4. The molecular weight excluding hydrogens is 464 g/mol. The minimum atomic E-state index is -0.921. The van der Waals surface area contributed by atoms with E-state index in [9.17, 15) is 19.6 Å². The highest BCUT2D eigenvalue weighted by Crippen LogP contribution is 2.36. The molecule has 0 aromatic heterocycles. The molecule has 2 aliphatic rings. The summed E-state index contributed by atoms with van der Waals surface area (Å²) >= 11 is 1.35. The first kappa shape index (κ1) is 26.8. The number of hydrogen-bond acceptors (Lipinski definition) is 7. The Kier molecular flexibility index (Phi) is 9.81. The number of nitriles is 1. The van der Waals surface area contributed by atoms with E-state index in [1.54, 1.807) is 11.8 Å². The number of amides is 3. The van der Waals surface area contributed by atoms with Gasteiger partial charge in [-0.3, -0.25) is 19.3 Å². The molecule has 1 aromatic rings. The van der Waals surface area contributed by atoms with Crippen LogP contribution in [0.15, 0.2) is 24.3 Å². The Morgan fingerprint density at radius 3 is 2.60 bits per heavy atom. The van der Waals surface area contributed by atoms with Crippen LogP contribution in [0.1, 0.15) is 33.6 Å². The molecule has 3 rings (SSSR count). The molecule has 3 atom stereocenters. The molecule has 0 radical (unpaired) electrons. The van der Waals surface area contributed by atoms with Gasteiger partial charge in [-0.1, -0.05) is 13.0 Å². The van der Waals surface area contributed by atoms with Crippen LogP contribution in [0.3, 0.4) is 0 Å². The van der Waals surface area contributed by atoms with Gasteiger partial charge in [0.15, 0.2) is 5.92 Å². The van der Waals surface area contributed by atoms with Crippen molar-refractivity contribution >= 4 is 40.9 Å². The van der Waals surface area contributed by atoms with Gasteiger partial charge in [-0.2, -0.15) is 5.26 Å². The largest absolute Gasteiger partial charge is 0.383 e. The van der Waals surface area contributed by atoms with Gasteiger partial charge in [-0.05, 0) is 63.9 Å². The van der Waals surface area contributed by atoms with Crippen LogP contribution in [0.25, 0.3) is 0 Å². The second kappa shape index (κ2) is 12.8. The summed E-state index contributed by atoms with van der Waals surface area (Å²) in [7, 11) is 0. The quantitative estimate of drug-likeness (QED) is 0.451. The van der Waals surface area contributed by atoms with Crippen molar-refractivity contribution in [1.82, 2.24) is 15.1 Å². The summed E-state index contributed by atoms with van der Waals surface area (Å²) in [5, 5.41) is 17.6. The predicted molar refractivity (Wildman–Crippen MR) is 139 cm³/mol. The lowest BCUT2D eigenvalue weighted by molar-refractivity contribution is -0.131. The van der Waals surface area contributed by atoms with Crippen LogP contribution >= 0.6 is 11.8 Å². The first-order valence-corrected chi connectivity index (χ1v) is 13.3. The van der Waals surface area contributed by atoms with Gasteiger partial charge in [-0.15, -0.1) is 11.8 Å². The molecule has 0 bridgehead atoms. The number of rotatable bonds is 10. The molecule has 2 aliphatic heterocycles. The minimum Gasteiger partial charge on any atom is -0.383 e. The molecular formula is C25H36N6O3S. The van der Waals surface area contributed by atoms with E-state index in [2.05, 4.69) is 33.8 Å². The molecule has 3 N–H and O–H groups in total. The highest BCUT2D eigenvalue weighted by Gasteiger charge is 2.45. The van der Waals surface area contributed by atoms with Crippen molar-refractivity contribution in [2.24, 2.45) is 11.8 Å². The Labute approximate surface area is 212 Å². The Hall–Kier alpha value is -2.77. The minimum absolute atomic E-state index is 0.0347. The van der Waals surface area contributed by atoms with Gasteiger partial charge >= 0.3 is 0 Å². The average Bonchev–Trinajstić information content (AvgIpc) is 3.15. The fourth-order valence-electron chi connectivity index (χ4n) is 4.42. The van der Waals surface area contributed by atoms with E-state index in [0.29, 0.717) is 31.9 Å². The lowest BCUT2D eigenvalue weighted by Crippen LogP contribution is -2.44. The monoisotopic (exact) mass is 500 g/mol. The number of anilines is 2. The Morgan fingerprint density at radius 1 is 1.23 bits per heavy atom. The van der Waals surface area contributed by atoms with Crippen LogP contribution in [-0.4, -0.2) is 77.4 Å². The van der Waals surface area contributed by atoms with E-state index in [1.807, 2.05) is 31.2 Å². The maximum absolute atomic E-state index is 13.0. The summed E-state index contributed by atoms with van der Waals surface area (Å²) in [6.07, 6.45) is 2.25. The third-order valence-electron chi connectivity index (χ3n) is 6.45. The van der Waals surface area contributed by atoms with Crippen molar-refractivity contribution in [1.29, 1.82) is 5.26 Å². The van der Waals surface area contributed by atoms with E-state index in [4.69, 9.17) is 0 Å². The highest BCUT2D eigenvalue weighted by atomic mass is 32.2. The number of carbonyl (C=O) groups is 3. The van der Waals surface area contributed by atoms with Gasteiger partial charge < -0.3 is 20.9 Å². The van der Waals surface area contributed by atoms with Crippen molar-refractivity contribution < 1.29 is 14.4 Å². The standard InChI is InChI=1S/C25H36N6O3S/c1-4-27-23(33)20(14-26)25-31(5-2)24(34)21(35-25)15-28-18-7-6-8-19(13-18)29-22(32)16-30-11-9-17(3)10-12-30/h6-8,13,17,20-21,25,28H,4-5,9-12,15-16H2,1-3H3,(H,27,33)(H,29,32)/t20?,21?,25-/m0/s1. The first-order chi connectivity index (χ1) is 16.9. The molecule has 9 nitrogen and oxygen atoms in total. The van der Waals surface area contributed by atoms with E-state index in [-0.39, 0.29) is 17.7 Å². The summed E-state index contributed by atoms with van der Waals surface area (Å²) in [4.78, 5) is 41.6. The lowest BCUT2D eigenvalue weighted by atomic mass is 9.99. The third-order valence-corrected chi connectivity index (χ3v) is 7.95. The van der Waals surface area contributed by atoms with E-state index >= 15 is 0 Å². The third kappa shape index (κ3) is 7.12. The topological polar surface area (TPSA) is 118 Å². The first-order valence-electron chi connectivity index (χ1n) is 12.4. The smallest absolute Gasteiger partial charge is 0.240 e. The fourth-order valence-corrected chi connectivity index (χ4v) is 5.93. The number of benzene rings is 1. The summed E-state index contributed by atoms with van der Waals surface area (Å²) in [6, 6.07) is 9.50. The number of carbonyl (C=O) groups excluding carboxylic acids is 3. The van der Waals surface area contributed by atoms with E-state index in [1.165, 1.54) is 11.8 Å². The van der Waals surface area contributed by atoms with Crippen LogP contribution in [0.4, 0.5) is 11.4 Å². The van der Waals surface area contributed by atoms with Gasteiger partial charge in [0.05, 0.1) is 12.6 Å². The normalized spacial score (nSPS) is 21.9. The molecule has 2 unspecified atom stereocenters. The van der Waals surface area contributed by atoms with Crippen LogP contribution in [0.5, 0.6) is 0 Å². The van der Waals surface area contributed by atoms with Crippen LogP contribution in [-0.2, 0) is 14.4 Å². The molecule has 190 valence electrons. The highest BCUT2D eigenvalue weighted by molar-refractivity contribution is 8.01.